The Morgan fingerprint density at radius 3 is 2.50 bits per heavy atom. The summed E-state index contributed by atoms with van der Waals surface area (Å²) >= 11 is 3.44. The van der Waals surface area contributed by atoms with Crippen LogP contribution in [0.25, 0.3) is 0 Å². The lowest BCUT2D eigenvalue weighted by Crippen LogP contribution is -2.51. The molecule has 1 saturated heterocycles. The fourth-order valence-corrected chi connectivity index (χ4v) is 2.33. The number of esters is 1. The van der Waals surface area contributed by atoms with Gasteiger partial charge in [-0.25, -0.2) is 0 Å². The molecule has 1 aromatic carbocycles. The van der Waals surface area contributed by atoms with Gasteiger partial charge in [-0.15, -0.1) is 0 Å². The Bertz CT molecular complexity index is 385. The molecule has 1 aromatic rings. The van der Waals surface area contributed by atoms with Gasteiger partial charge in [0.1, 0.15) is 11.5 Å². The Morgan fingerprint density at radius 1 is 1.36 bits per heavy atom. The lowest BCUT2D eigenvalue weighted by atomic mass is 9.80. The normalized spacial score (nSPS) is 23.9. The molecule has 0 unspecified atom stereocenters. The molecule has 0 spiro atoms. The third-order valence-electron chi connectivity index (χ3n) is 2.51. The monoisotopic (exact) mass is 254 g/mol. The zero-order valence-corrected chi connectivity index (χ0v) is 9.67. The molecule has 0 radical (unpaired) electrons. The molecule has 2 rings (SSSR count). The van der Waals surface area contributed by atoms with Crippen molar-refractivity contribution in [3.05, 3.63) is 34.3 Å². The number of ether oxygens (including phenoxy) is 1. The number of rotatable bonds is 1. The average Bonchev–Trinajstić information content (AvgIpc) is 2.07. The van der Waals surface area contributed by atoms with E-state index in [-0.39, 0.29) is 17.5 Å². The van der Waals surface area contributed by atoms with Crippen molar-refractivity contribution in [1.82, 2.24) is 0 Å². The van der Waals surface area contributed by atoms with Crippen LogP contribution in [0.1, 0.15) is 25.3 Å². The first-order valence-electron chi connectivity index (χ1n) is 4.49. The van der Waals surface area contributed by atoms with Crippen LogP contribution >= 0.6 is 15.9 Å². The molecule has 0 saturated carbocycles. The summed E-state index contributed by atoms with van der Waals surface area (Å²) in [5.74, 6) is -0.278. The van der Waals surface area contributed by atoms with Crippen molar-refractivity contribution in [2.24, 2.45) is 0 Å². The van der Waals surface area contributed by atoms with Crippen LogP contribution in [0.2, 0.25) is 0 Å². The summed E-state index contributed by atoms with van der Waals surface area (Å²) in [7, 11) is 0. The first kappa shape index (κ1) is 9.71. The van der Waals surface area contributed by atoms with Crippen molar-refractivity contribution in [2.45, 2.75) is 25.4 Å². The molecule has 1 aliphatic heterocycles. The van der Waals surface area contributed by atoms with Gasteiger partial charge in [0.05, 0.1) is 0 Å². The molecule has 0 aromatic heterocycles. The smallest absolute Gasteiger partial charge is 0.318 e. The van der Waals surface area contributed by atoms with Gasteiger partial charge in [0.25, 0.3) is 0 Å². The molecule has 14 heavy (non-hydrogen) atoms. The van der Waals surface area contributed by atoms with Crippen LogP contribution in [-0.2, 0) is 9.53 Å². The topological polar surface area (TPSA) is 26.3 Å². The number of carbonyl (C=O) groups excluding carboxylic acids is 1. The Labute approximate surface area is 91.4 Å². The fourth-order valence-electron chi connectivity index (χ4n) is 1.81. The largest absolute Gasteiger partial charge is 0.458 e. The summed E-state index contributed by atoms with van der Waals surface area (Å²) in [6.45, 7) is 3.86. The van der Waals surface area contributed by atoms with E-state index in [1.54, 1.807) is 0 Å². The van der Waals surface area contributed by atoms with Gasteiger partial charge < -0.3 is 4.74 Å². The molecule has 2 nitrogen and oxygen atoms in total. The third-order valence-corrected chi connectivity index (χ3v) is 3.23. The number of benzene rings is 1. The Morgan fingerprint density at radius 2 is 2.00 bits per heavy atom. The van der Waals surface area contributed by atoms with E-state index in [4.69, 9.17) is 4.74 Å². The van der Waals surface area contributed by atoms with Gasteiger partial charge in [0.2, 0.25) is 0 Å². The van der Waals surface area contributed by atoms with E-state index >= 15 is 0 Å². The second-order valence-corrected chi connectivity index (χ2v) is 4.83. The summed E-state index contributed by atoms with van der Waals surface area (Å²) < 4.78 is 6.06. The van der Waals surface area contributed by atoms with Crippen molar-refractivity contribution in [2.75, 3.05) is 0 Å². The molecule has 74 valence electrons. The highest BCUT2D eigenvalue weighted by Gasteiger charge is 2.50. The highest BCUT2D eigenvalue weighted by atomic mass is 79.9. The van der Waals surface area contributed by atoms with E-state index in [0.717, 1.165) is 10.0 Å². The zero-order valence-electron chi connectivity index (χ0n) is 8.08. The summed E-state index contributed by atoms with van der Waals surface area (Å²) in [6.07, 6.45) is 0. The van der Waals surface area contributed by atoms with Crippen LogP contribution in [-0.4, -0.2) is 11.6 Å². The van der Waals surface area contributed by atoms with Crippen molar-refractivity contribution >= 4 is 21.9 Å². The molecule has 1 atom stereocenters. The molecular formula is C11H11BrO2. The first-order valence-corrected chi connectivity index (χ1v) is 5.29. The maximum absolute atomic E-state index is 11.4. The van der Waals surface area contributed by atoms with Crippen LogP contribution < -0.4 is 0 Å². The molecule has 1 aliphatic rings. The molecule has 1 heterocycles. The van der Waals surface area contributed by atoms with Crippen molar-refractivity contribution in [3.8, 4) is 0 Å². The van der Waals surface area contributed by atoms with Gasteiger partial charge >= 0.3 is 5.97 Å². The average molecular weight is 255 g/mol. The SMILES string of the molecule is CC1(C)OC(=O)[C@@H]1c1ccccc1Br. The summed E-state index contributed by atoms with van der Waals surface area (Å²) in [5, 5.41) is 0. The fraction of sp³-hybridized carbons (Fsp3) is 0.364. The third kappa shape index (κ3) is 1.36. The van der Waals surface area contributed by atoms with Crippen LogP contribution in [0.5, 0.6) is 0 Å². The lowest BCUT2D eigenvalue weighted by molar-refractivity contribution is -0.192. The Hall–Kier alpha value is -0.830. The predicted octanol–water partition coefficient (Wildman–Crippen LogP) is 2.87. The van der Waals surface area contributed by atoms with E-state index in [1.165, 1.54) is 0 Å². The van der Waals surface area contributed by atoms with Gasteiger partial charge in [0.15, 0.2) is 0 Å². The Balaban J connectivity index is 2.41. The number of hydrogen-bond donors (Lipinski definition) is 0. The summed E-state index contributed by atoms with van der Waals surface area (Å²) in [4.78, 5) is 11.4. The minimum absolute atomic E-state index is 0.137. The number of halogens is 1. The second kappa shape index (κ2) is 3.09. The minimum Gasteiger partial charge on any atom is -0.458 e. The highest BCUT2D eigenvalue weighted by Crippen LogP contribution is 2.43. The highest BCUT2D eigenvalue weighted by molar-refractivity contribution is 9.10. The molecular weight excluding hydrogens is 244 g/mol. The quantitative estimate of drug-likeness (QED) is 0.721. The van der Waals surface area contributed by atoms with E-state index < -0.39 is 0 Å². The van der Waals surface area contributed by atoms with Crippen LogP contribution in [0.15, 0.2) is 28.7 Å². The number of cyclic esters (lactones) is 1. The number of carbonyl (C=O) groups is 1. The van der Waals surface area contributed by atoms with Crippen LogP contribution in [0.4, 0.5) is 0 Å². The van der Waals surface area contributed by atoms with Gasteiger partial charge in [0, 0.05) is 4.47 Å². The summed E-state index contributed by atoms with van der Waals surface area (Å²) in [5.41, 5.74) is 0.634. The minimum atomic E-state index is -0.374. The number of hydrogen-bond acceptors (Lipinski definition) is 2. The van der Waals surface area contributed by atoms with Crippen LogP contribution in [0.3, 0.4) is 0 Å². The molecule has 0 N–H and O–H groups in total. The van der Waals surface area contributed by atoms with E-state index in [1.807, 2.05) is 38.1 Å². The zero-order chi connectivity index (χ0) is 10.3. The first-order chi connectivity index (χ1) is 6.52. The van der Waals surface area contributed by atoms with E-state index in [9.17, 15) is 4.79 Å². The predicted molar refractivity (Wildman–Crippen MR) is 57.1 cm³/mol. The molecule has 0 aliphatic carbocycles. The van der Waals surface area contributed by atoms with Gasteiger partial charge in [-0.2, -0.15) is 0 Å². The maximum atomic E-state index is 11.4. The van der Waals surface area contributed by atoms with Crippen molar-refractivity contribution in [1.29, 1.82) is 0 Å². The van der Waals surface area contributed by atoms with Gasteiger partial charge in [-0.3, -0.25) is 4.79 Å². The molecule has 0 bridgehead atoms. The standard InChI is InChI=1S/C11H11BrO2/c1-11(2)9(10(13)14-11)7-5-3-4-6-8(7)12/h3-6,9H,1-2H3/t9-/m0/s1. The molecule has 1 fully saturated rings. The van der Waals surface area contributed by atoms with Gasteiger partial charge in [-0.05, 0) is 25.5 Å². The second-order valence-electron chi connectivity index (χ2n) is 3.98. The Kier molecular flexibility index (Phi) is 2.14. The molecule has 3 heteroatoms. The van der Waals surface area contributed by atoms with Crippen molar-refractivity contribution < 1.29 is 9.53 Å². The lowest BCUT2D eigenvalue weighted by Gasteiger charge is -2.42. The van der Waals surface area contributed by atoms with E-state index in [2.05, 4.69) is 15.9 Å². The maximum Gasteiger partial charge on any atom is 0.318 e. The van der Waals surface area contributed by atoms with Crippen molar-refractivity contribution in [3.63, 3.8) is 0 Å². The molecule has 0 amide bonds. The van der Waals surface area contributed by atoms with Gasteiger partial charge in [-0.1, -0.05) is 34.1 Å². The summed E-state index contributed by atoms with van der Waals surface area (Å²) in [6, 6.07) is 7.76. The van der Waals surface area contributed by atoms with Crippen LogP contribution in [0, 0.1) is 0 Å². The van der Waals surface area contributed by atoms with E-state index in [0.29, 0.717) is 0 Å².